The van der Waals surface area contributed by atoms with Crippen LogP contribution in [0.3, 0.4) is 0 Å². The summed E-state index contributed by atoms with van der Waals surface area (Å²) in [5.41, 5.74) is 0.585. The van der Waals surface area contributed by atoms with Gasteiger partial charge in [0, 0.05) is 20.4 Å². The summed E-state index contributed by atoms with van der Waals surface area (Å²) in [4.78, 5) is 0. The smallest absolute Gasteiger partial charge is 0 e. The fourth-order valence-corrected chi connectivity index (χ4v) is 1.48. The van der Waals surface area contributed by atoms with Crippen molar-refractivity contribution < 1.29 is 20.4 Å². The molecule has 1 radical (unpaired) electrons. The average Bonchev–Trinajstić information content (AvgIpc) is 1.89. The molecule has 0 saturated carbocycles. The largest absolute Gasteiger partial charge is 0.662 e. The van der Waals surface area contributed by atoms with E-state index in [0.29, 0.717) is 5.41 Å². The summed E-state index contributed by atoms with van der Waals surface area (Å²) >= 11 is 0. The van der Waals surface area contributed by atoms with Crippen molar-refractivity contribution in [2.75, 3.05) is 13.1 Å². The van der Waals surface area contributed by atoms with Crippen molar-refractivity contribution in [3.8, 4) is 0 Å². The van der Waals surface area contributed by atoms with Crippen LogP contribution in [0.4, 0.5) is 0 Å². The molecule has 0 N–H and O–H groups in total. The standard InChI is InChI=1S/C9H18N.Re/c1-8(2)9(3)4-6-10-7-5-9;/h8H,4-7H2,1-3H3;/q-1;. The first-order valence-electron chi connectivity index (χ1n) is 4.28. The fourth-order valence-electron chi connectivity index (χ4n) is 1.48. The molecule has 0 amide bonds. The van der Waals surface area contributed by atoms with Crippen LogP contribution < -0.4 is 0 Å². The van der Waals surface area contributed by atoms with Gasteiger partial charge in [0.25, 0.3) is 0 Å². The van der Waals surface area contributed by atoms with Gasteiger partial charge in [-0.25, -0.2) is 0 Å². The average molecular weight is 326 g/mol. The third kappa shape index (κ3) is 2.86. The first-order valence-corrected chi connectivity index (χ1v) is 4.28. The molecule has 0 spiro atoms. The maximum absolute atomic E-state index is 4.35. The van der Waals surface area contributed by atoms with Crippen molar-refractivity contribution in [1.29, 1.82) is 0 Å². The second-order valence-corrected chi connectivity index (χ2v) is 3.98. The summed E-state index contributed by atoms with van der Waals surface area (Å²) in [7, 11) is 0. The maximum Gasteiger partial charge on any atom is 0 e. The van der Waals surface area contributed by atoms with Crippen molar-refractivity contribution >= 4 is 0 Å². The van der Waals surface area contributed by atoms with E-state index in [9.17, 15) is 0 Å². The van der Waals surface area contributed by atoms with Gasteiger partial charge in [0.2, 0.25) is 0 Å². The predicted octanol–water partition coefficient (Wildman–Crippen LogP) is 2.81. The van der Waals surface area contributed by atoms with Crippen molar-refractivity contribution in [2.45, 2.75) is 33.6 Å². The Morgan fingerprint density at radius 1 is 1.18 bits per heavy atom. The molecule has 2 heteroatoms. The van der Waals surface area contributed by atoms with Crippen LogP contribution in [0, 0.1) is 11.3 Å². The minimum Gasteiger partial charge on any atom is -0.662 e. The number of piperidine rings is 1. The van der Waals surface area contributed by atoms with Gasteiger partial charge in [0.15, 0.2) is 0 Å². The molecule has 1 saturated heterocycles. The predicted molar refractivity (Wildman–Crippen MR) is 45.3 cm³/mol. The molecule has 1 aliphatic rings. The number of rotatable bonds is 1. The van der Waals surface area contributed by atoms with Gasteiger partial charge in [0.05, 0.1) is 0 Å². The molecule has 0 aromatic carbocycles. The van der Waals surface area contributed by atoms with Crippen molar-refractivity contribution in [2.24, 2.45) is 11.3 Å². The number of hydrogen-bond acceptors (Lipinski definition) is 0. The molecule has 0 aromatic rings. The van der Waals surface area contributed by atoms with E-state index >= 15 is 0 Å². The zero-order valence-electron chi connectivity index (χ0n) is 7.73. The van der Waals surface area contributed by atoms with Crippen LogP contribution >= 0.6 is 0 Å². The Labute approximate surface area is 84.0 Å². The monoisotopic (exact) mass is 327 g/mol. The third-order valence-electron chi connectivity index (χ3n) is 3.08. The molecule has 1 rings (SSSR count). The minimum absolute atomic E-state index is 0. The summed E-state index contributed by atoms with van der Waals surface area (Å²) in [5.74, 6) is 0.822. The van der Waals surface area contributed by atoms with E-state index in [1.54, 1.807) is 0 Å². The van der Waals surface area contributed by atoms with Crippen molar-refractivity contribution in [1.82, 2.24) is 0 Å². The summed E-state index contributed by atoms with van der Waals surface area (Å²) in [6.45, 7) is 9.23. The maximum atomic E-state index is 4.35. The van der Waals surface area contributed by atoms with Crippen molar-refractivity contribution in [3.05, 3.63) is 5.32 Å². The summed E-state index contributed by atoms with van der Waals surface area (Å²) in [6.07, 6.45) is 2.59. The molecular weight excluding hydrogens is 308 g/mol. The topological polar surface area (TPSA) is 14.1 Å². The van der Waals surface area contributed by atoms with E-state index in [1.165, 1.54) is 12.8 Å². The first kappa shape index (κ1) is 11.6. The quantitative estimate of drug-likeness (QED) is 0.703. The number of nitrogens with zero attached hydrogens (tertiary/aromatic N) is 1. The Morgan fingerprint density at radius 2 is 1.64 bits per heavy atom. The van der Waals surface area contributed by atoms with Gasteiger partial charge in [-0.05, 0) is 11.3 Å². The Kier molecular flexibility index (Phi) is 4.86. The van der Waals surface area contributed by atoms with Crippen LogP contribution in [0.1, 0.15) is 33.6 Å². The van der Waals surface area contributed by atoms with E-state index in [2.05, 4.69) is 26.1 Å². The Bertz CT molecular complexity index is 106. The third-order valence-corrected chi connectivity index (χ3v) is 3.08. The summed E-state index contributed by atoms with van der Waals surface area (Å²) < 4.78 is 0. The molecule has 1 fully saturated rings. The molecule has 0 unspecified atom stereocenters. The van der Waals surface area contributed by atoms with Gasteiger partial charge in [-0.1, -0.05) is 33.6 Å². The van der Waals surface area contributed by atoms with Crippen LogP contribution in [0.15, 0.2) is 0 Å². The zero-order valence-corrected chi connectivity index (χ0v) is 10.4. The van der Waals surface area contributed by atoms with Gasteiger partial charge in [-0.2, -0.15) is 0 Å². The zero-order chi connectivity index (χ0) is 7.61. The normalized spacial score (nSPS) is 22.9. The number of hydrogen-bond donors (Lipinski definition) is 0. The van der Waals surface area contributed by atoms with Gasteiger partial charge in [-0.3, -0.25) is 0 Å². The van der Waals surface area contributed by atoms with Crippen LogP contribution in [0.25, 0.3) is 5.32 Å². The molecule has 1 nitrogen and oxygen atoms in total. The van der Waals surface area contributed by atoms with Gasteiger partial charge in [0.1, 0.15) is 0 Å². The molecular formula is C9H18NRe-. The second-order valence-electron chi connectivity index (χ2n) is 3.98. The summed E-state index contributed by atoms with van der Waals surface area (Å²) in [6, 6.07) is 0. The van der Waals surface area contributed by atoms with Crippen LogP contribution in [0.2, 0.25) is 0 Å². The fraction of sp³-hybridized carbons (Fsp3) is 1.00. The Hall–Kier alpha value is 0.622. The molecule has 0 aromatic heterocycles. The van der Waals surface area contributed by atoms with Gasteiger partial charge < -0.3 is 5.32 Å². The van der Waals surface area contributed by atoms with Crippen LogP contribution in [-0.2, 0) is 20.4 Å². The molecule has 1 heterocycles. The van der Waals surface area contributed by atoms with E-state index in [4.69, 9.17) is 0 Å². The van der Waals surface area contributed by atoms with E-state index < -0.39 is 0 Å². The Morgan fingerprint density at radius 3 is 1.91 bits per heavy atom. The van der Waals surface area contributed by atoms with Crippen LogP contribution in [-0.4, -0.2) is 13.1 Å². The van der Waals surface area contributed by atoms with E-state index in [0.717, 1.165) is 19.0 Å². The molecule has 0 aliphatic carbocycles. The molecule has 0 atom stereocenters. The van der Waals surface area contributed by atoms with Crippen molar-refractivity contribution in [3.63, 3.8) is 0 Å². The second kappa shape index (κ2) is 4.60. The summed E-state index contributed by atoms with van der Waals surface area (Å²) in [5, 5.41) is 4.35. The first-order chi connectivity index (χ1) is 4.65. The molecule has 1 aliphatic heterocycles. The Balaban J connectivity index is 0.000001000. The van der Waals surface area contributed by atoms with Crippen LogP contribution in [0.5, 0.6) is 0 Å². The van der Waals surface area contributed by atoms with E-state index in [1.807, 2.05) is 0 Å². The minimum atomic E-state index is 0. The van der Waals surface area contributed by atoms with E-state index in [-0.39, 0.29) is 20.4 Å². The molecule has 11 heavy (non-hydrogen) atoms. The molecule has 67 valence electrons. The molecule has 0 bridgehead atoms. The van der Waals surface area contributed by atoms with Gasteiger partial charge >= 0.3 is 0 Å². The van der Waals surface area contributed by atoms with Gasteiger partial charge in [-0.15, -0.1) is 13.1 Å². The SMILES string of the molecule is CC(C)C1(C)CC[N-]CC1.[Re].